The van der Waals surface area contributed by atoms with Crippen LogP contribution in [-0.2, 0) is 11.3 Å². The number of halogens is 2. The van der Waals surface area contributed by atoms with Crippen LogP contribution in [0.4, 0.5) is 8.78 Å². The summed E-state index contributed by atoms with van der Waals surface area (Å²) in [4.78, 5) is 14.5. The molecule has 0 saturated heterocycles. The fraction of sp³-hybridized carbons (Fsp3) is 0.261. The van der Waals surface area contributed by atoms with Crippen molar-refractivity contribution in [1.82, 2.24) is 4.90 Å². The topological polar surface area (TPSA) is 38.8 Å². The van der Waals surface area contributed by atoms with Crippen molar-refractivity contribution >= 4 is 16.7 Å². The minimum atomic E-state index is -2.85. The third kappa shape index (κ3) is 5.02. The second kappa shape index (κ2) is 8.90. The lowest BCUT2D eigenvalue weighted by Gasteiger charge is -2.22. The zero-order chi connectivity index (χ0) is 21.0. The van der Waals surface area contributed by atoms with E-state index >= 15 is 0 Å². The molecular weight excluding hydrogens is 376 g/mol. The van der Waals surface area contributed by atoms with E-state index < -0.39 is 6.61 Å². The van der Waals surface area contributed by atoms with Crippen molar-refractivity contribution in [3.05, 3.63) is 71.8 Å². The van der Waals surface area contributed by atoms with Gasteiger partial charge < -0.3 is 14.4 Å². The van der Waals surface area contributed by atoms with Crippen LogP contribution in [0.5, 0.6) is 11.5 Å². The zero-order valence-corrected chi connectivity index (χ0v) is 16.6. The number of alkyl halides is 2. The van der Waals surface area contributed by atoms with Crippen molar-refractivity contribution in [1.29, 1.82) is 0 Å². The van der Waals surface area contributed by atoms with Gasteiger partial charge in [-0.2, -0.15) is 8.78 Å². The van der Waals surface area contributed by atoms with Crippen LogP contribution in [0.1, 0.15) is 24.0 Å². The SMILES string of the molecule is COc1ccc2cc([C@H](C)C(=O)N(C)Cc3ccc(OC(F)F)cc3)ccc2c1. The van der Waals surface area contributed by atoms with Crippen LogP contribution >= 0.6 is 0 Å². The van der Waals surface area contributed by atoms with Crippen molar-refractivity contribution in [2.24, 2.45) is 0 Å². The van der Waals surface area contributed by atoms with Gasteiger partial charge in [0.25, 0.3) is 0 Å². The number of carbonyl (C=O) groups is 1. The molecule has 0 spiro atoms. The number of likely N-dealkylation sites (N-methyl/N-ethyl adjacent to an activating group) is 1. The average Bonchev–Trinajstić information content (AvgIpc) is 2.72. The van der Waals surface area contributed by atoms with Crippen molar-refractivity contribution in [2.45, 2.75) is 26.0 Å². The maximum absolute atomic E-state index is 12.9. The number of rotatable bonds is 7. The summed E-state index contributed by atoms with van der Waals surface area (Å²) in [5.41, 5.74) is 1.76. The van der Waals surface area contributed by atoms with Crippen molar-refractivity contribution in [3.8, 4) is 11.5 Å². The largest absolute Gasteiger partial charge is 0.497 e. The zero-order valence-electron chi connectivity index (χ0n) is 16.6. The standard InChI is InChI=1S/C23H23F2NO3/c1-15(17-6-7-19-13-21(28-3)11-8-18(19)12-17)22(27)26(2)14-16-4-9-20(10-5-16)29-23(24)25/h4-13,15,23H,14H2,1-3H3/t15-/m0/s1. The van der Waals surface area contributed by atoms with Gasteiger partial charge in [-0.15, -0.1) is 0 Å². The Balaban J connectivity index is 1.69. The first-order chi connectivity index (χ1) is 13.9. The molecule has 3 aromatic carbocycles. The Morgan fingerprint density at radius 3 is 2.24 bits per heavy atom. The van der Waals surface area contributed by atoms with Crippen LogP contribution in [0.25, 0.3) is 10.8 Å². The molecule has 0 aliphatic heterocycles. The Hall–Kier alpha value is -3.15. The lowest BCUT2D eigenvalue weighted by Crippen LogP contribution is -2.30. The van der Waals surface area contributed by atoms with Gasteiger partial charge in [-0.25, -0.2) is 0 Å². The summed E-state index contributed by atoms with van der Waals surface area (Å²) in [6.45, 7) is -0.597. The number of methoxy groups -OCH3 is 1. The van der Waals surface area contributed by atoms with Gasteiger partial charge in [0.15, 0.2) is 0 Å². The summed E-state index contributed by atoms with van der Waals surface area (Å²) < 4.78 is 34.1. The van der Waals surface area contributed by atoms with Crippen molar-refractivity contribution < 1.29 is 23.0 Å². The van der Waals surface area contributed by atoms with Crippen LogP contribution in [0, 0.1) is 0 Å². The molecule has 0 radical (unpaired) electrons. The molecule has 0 aliphatic rings. The Kier molecular flexibility index (Phi) is 6.32. The van der Waals surface area contributed by atoms with E-state index in [0.717, 1.165) is 27.6 Å². The number of ether oxygens (including phenoxy) is 2. The van der Waals surface area contributed by atoms with E-state index in [1.54, 1.807) is 31.2 Å². The van der Waals surface area contributed by atoms with E-state index in [-0.39, 0.29) is 17.6 Å². The lowest BCUT2D eigenvalue weighted by molar-refractivity contribution is -0.131. The first kappa shape index (κ1) is 20.6. The monoisotopic (exact) mass is 399 g/mol. The maximum Gasteiger partial charge on any atom is 0.387 e. The van der Waals surface area contributed by atoms with Gasteiger partial charge in [-0.1, -0.05) is 36.4 Å². The van der Waals surface area contributed by atoms with Crippen LogP contribution in [0.3, 0.4) is 0 Å². The summed E-state index contributed by atoms with van der Waals surface area (Å²) >= 11 is 0. The number of carbonyl (C=O) groups excluding carboxylic acids is 1. The van der Waals surface area contributed by atoms with Gasteiger partial charge in [-0.3, -0.25) is 4.79 Å². The quantitative estimate of drug-likeness (QED) is 0.547. The van der Waals surface area contributed by atoms with E-state index in [9.17, 15) is 13.6 Å². The number of amides is 1. The van der Waals surface area contributed by atoms with E-state index in [0.29, 0.717) is 6.54 Å². The van der Waals surface area contributed by atoms with Crippen molar-refractivity contribution in [2.75, 3.05) is 14.2 Å². The Bertz CT molecular complexity index is 989. The molecule has 1 amide bonds. The number of nitrogens with zero attached hydrogens (tertiary/aromatic N) is 1. The molecule has 152 valence electrons. The van der Waals surface area contributed by atoms with Gasteiger partial charge in [0.05, 0.1) is 13.0 Å². The fourth-order valence-corrected chi connectivity index (χ4v) is 3.24. The summed E-state index contributed by atoms with van der Waals surface area (Å²) in [6.07, 6.45) is 0. The number of hydrogen-bond donors (Lipinski definition) is 0. The molecule has 29 heavy (non-hydrogen) atoms. The summed E-state index contributed by atoms with van der Waals surface area (Å²) in [6, 6.07) is 18.1. The average molecular weight is 399 g/mol. The number of hydrogen-bond acceptors (Lipinski definition) is 3. The Labute approximate surface area is 168 Å². The predicted octanol–water partition coefficient (Wildman–Crippen LogP) is 5.21. The smallest absolute Gasteiger partial charge is 0.387 e. The molecule has 3 rings (SSSR count). The van der Waals surface area contributed by atoms with E-state index in [1.165, 1.54) is 12.1 Å². The highest BCUT2D eigenvalue weighted by atomic mass is 19.3. The Morgan fingerprint density at radius 2 is 1.59 bits per heavy atom. The fourth-order valence-electron chi connectivity index (χ4n) is 3.24. The van der Waals surface area contributed by atoms with E-state index in [2.05, 4.69) is 4.74 Å². The van der Waals surface area contributed by atoms with Gasteiger partial charge in [0.2, 0.25) is 5.91 Å². The molecule has 0 aliphatic carbocycles. The maximum atomic E-state index is 12.9. The summed E-state index contributed by atoms with van der Waals surface area (Å²) in [7, 11) is 3.36. The molecule has 1 atom stereocenters. The molecule has 0 N–H and O–H groups in total. The number of benzene rings is 3. The highest BCUT2D eigenvalue weighted by molar-refractivity contribution is 5.88. The summed E-state index contributed by atoms with van der Waals surface area (Å²) in [5, 5.41) is 2.09. The van der Waals surface area contributed by atoms with Crippen molar-refractivity contribution in [3.63, 3.8) is 0 Å². The first-order valence-electron chi connectivity index (χ1n) is 9.24. The highest BCUT2D eigenvalue weighted by Gasteiger charge is 2.20. The minimum Gasteiger partial charge on any atom is -0.497 e. The van der Waals surface area contributed by atoms with Gasteiger partial charge in [-0.05, 0) is 53.1 Å². The molecular formula is C23H23F2NO3. The van der Waals surface area contributed by atoms with Gasteiger partial charge >= 0.3 is 6.61 Å². The third-order valence-corrected chi connectivity index (χ3v) is 4.89. The molecule has 0 fully saturated rings. The minimum absolute atomic E-state index is 0.0224. The molecule has 3 aromatic rings. The normalized spacial score (nSPS) is 12.1. The Morgan fingerprint density at radius 1 is 0.966 bits per heavy atom. The molecule has 0 unspecified atom stereocenters. The molecule has 4 nitrogen and oxygen atoms in total. The molecule has 0 aromatic heterocycles. The van der Waals surface area contributed by atoms with E-state index in [4.69, 9.17) is 4.74 Å². The molecule has 0 heterocycles. The van der Waals surface area contributed by atoms with Crippen LogP contribution in [0.15, 0.2) is 60.7 Å². The second-order valence-corrected chi connectivity index (χ2v) is 6.91. The van der Waals surface area contributed by atoms with Gasteiger partial charge in [0, 0.05) is 13.6 Å². The lowest BCUT2D eigenvalue weighted by atomic mass is 9.96. The van der Waals surface area contributed by atoms with Crippen LogP contribution in [0.2, 0.25) is 0 Å². The van der Waals surface area contributed by atoms with Gasteiger partial charge in [0.1, 0.15) is 11.5 Å². The molecule has 0 saturated carbocycles. The van der Waals surface area contributed by atoms with Crippen LogP contribution in [-0.4, -0.2) is 31.6 Å². The first-order valence-corrected chi connectivity index (χ1v) is 9.24. The van der Waals surface area contributed by atoms with Crippen LogP contribution < -0.4 is 9.47 Å². The highest BCUT2D eigenvalue weighted by Crippen LogP contribution is 2.26. The molecule has 6 heteroatoms. The predicted molar refractivity (Wildman–Crippen MR) is 108 cm³/mol. The summed E-state index contributed by atoms with van der Waals surface area (Å²) in [5.74, 6) is 0.552. The second-order valence-electron chi connectivity index (χ2n) is 6.91. The number of fused-ring (bicyclic) bond motifs is 1. The third-order valence-electron chi connectivity index (χ3n) is 4.89. The van der Waals surface area contributed by atoms with E-state index in [1.807, 2.05) is 43.3 Å². The molecule has 0 bridgehead atoms.